The van der Waals surface area contributed by atoms with Crippen molar-refractivity contribution in [3.63, 3.8) is 0 Å². The number of likely N-dealkylation sites (tertiary alicyclic amines) is 1. The molecule has 3 aromatic rings. The Labute approximate surface area is 163 Å². The number of methoxy groups -OCH3 is 1. The van der Waals surface area contributed by atoms with E-state index in [9.17, 15) is 13.2 Å². The van der Waals surface area contributed by atoms with E-state index in [-0.39, 0.29) is 23.9 Å². The van der Waals surface area contributed by atoms with Gasteiger partial charge in [-0.25, -0.2) is 8.42 Å². The van der Waals surface area contributed by atoms with Crippen LogP contribution in [-0.2, 0) is 9.84 Å². The molecular formula is C21H20N2O4S. The van der Waals surface area contributed by atoms with Crippen LogP contribution < -0.4 is 4.74 Å². The van der Waals surface area contributed by atoms with Crippen LogP contribution in [0.4, 0.5) is 0 Å². The second kappa shape index (κ2) is 7.16. The van der Waals surface area contributed by atoms with Crippen molar-refractivity contribution < 1.29 is 17.9 Å². The van der Waals surface area contributed by atoms with Crippen molar-refractivity contribution in [2.75, 3.05) is 20.2 Å². The van der Waals surface area contributed by atoms with Crippen LogP contribution in [0, 0.1) is 0 Å². The van der Waals surface area contributed by atoms with Crippen molar-refractivity contribution in [3.05, 3.63) is 78.6 Å². The van der Waals surface area contributed by atoms with Gasteiger partial charge in [0.15, 0.2) is 9.84 Å². The molecule has 7 heteroatoms. The van der Waals surface area contributed by atoms with Crippen LogP contribution >= 0.6 is 0 Å². The normalized spacial score (nSPS) is 14.5. The molecule has 0 N–H and O–H groups in total. The summed E-state index contributed by atoms with van der Waals surface area (Å²) in [6.07, 6.45) is 3.86. The van der Waals surface area contributed by atoms with Gasteiger partial charge < -0.3 is 14.2 Å². The summed E-state index contributed by atoms with van der Waals surface area (Å²) in [6.45, 7) is 0.402. The number of nitrogens with zero attached hydrogens (tertiary/aromatic N) is 2. The predicted octanol–water partition coefficient (Wildman–Crippen LogP) is 2.78. The molecule has 4 rings (SSSR count). The van der Waals surface area contributed by atoms with Crippen LogP contribution in [0.1, 0.15) is 10.4 Å². The molecule has 144 valence electrons. The Morgan fingerprint density at radius 1 is 0.964 bits per heavy atom. The number of amides is 1. The third kappa shape index (κ3) is 3.29. The maximum atomic E-state index is 12.7. The first-order chi connectivity index (χ1) is 13.5. The summed E-state index contributed by atoms with van der Waals surface area (Å²) >= 11 is 0. The highest BCUT2D eigenvalue weighted by molar-refractivity contribution is 7.92. The number of benzene rings is 2. The number of aromatic nitrogens is 1. The van der Waals surface area contributed by atoms with Gasteiger partial charge in [0.05, 0.1) is 12.0 Å². The van der Waals surface area contributed by atoms with E-state index in [2.05, 4.69) is 0 Å². The topological polar surface area (TPSA) is 68.6 Å². The van der Waals surface area contributed by atoms with Gasteiger partial charge in [0.25, 0.3) is 5.91 Å². The molecule has 0 bridgehead atoms. The minimum absolute atomic E-state index is 0.153. The molecule has 0 atom stereocenters. The Morgan fingerprint density at radius 3 is 2.14 bits per heavy atom. The molecule has 0 saturated carbocycles. The second-order valence-electron chi connectivity index (χ2n) is 6.69. The third-order valence-corrected chi connectivity index (χ3v) is 7.08. The molecule has 28 heavy (non-hydrogen) atoms. The van der Waals surface area contributed by atoms with E-state index >= 15 is 0 Å². The zero-order valence-corrected chi connectivity index (χ0v) is 16.2. The summed E-state index contributed by atoms with van der Waals surface area (Å²) in [5.41, 5.74) is 1.52. The molecule has 1 aromatic heterocycles. The van der Waals surface area contributed by atoms with E-state index < -0.39 is 15.1 Å². The van der Waals surface area contributed by atoms with Gasteiger partial charge in [0, 0.05) is 36.7 Å². The van der Waals surface area contributed by atoms with E-state index in [1.807, 2.05) is 41.2 Å². The molecule has 1 saturated heterocycles. The van der Waals surface area contributed by atoms with Crippen molar-refractivity contribution in [1.82, 2.24) is 9.47 Å². The van der Waals surface area contributed by atoms with E-state index in [1.165, 1.54) is 7.11 Å². The largest absolute Gasteiger partial charge is 0.497 e. The van der Waals surface area contributed by atoms with Gasteiger partial charge in [-0.2, -0.15) is 0 Å². The maximum Gasteiger partial charge on any atom is 0.253 e. The molecule has 6 nitrogen and oxygen atoms in total. The molecule has 0 unspecified atom stereocenters. The van der Waals surface area contributed by atoms with Crippen molar-refractivity contribution in [3.8, 4) is 11.4 Å². The van der Waals surface area contributed by atoms with Crippen LogP contribution in [0.15, 0.2) is 78.0 Å². The number of sulfone groups is 1. The average molecular weight is 396 g/mol. The fourth-order valence-electron chi connectivity index (χ4n) is 3.22. The molecular weight excluding hydrogens is 376 g/mol. The third-order valence-electron chi connectivity index (χ3n) is 4.98. The zero-order chi connectivity index (χ0) is 19.7. The van der Waals surface area contributed by atoms with Crippen molar-refractivity contribution in [2.45, 2.75) is 10.1 Å². The molecule has 0 spiro atoms. The minimum Gasteiger partial charge on any atom is -0.497 e. The lowest BCUT2D eigenvalue weighted by atomic mass is 10.1. The average Bonchev–Trinajstić information content (AvgIpc) is 3.21. The van der Waals surface area contributed by atoms with Gasteiger partial charge in [-0.1, -0.05) is 0 Å². The summed E-state index contributed by atoms with van der Waals surface area (Å²) in [5.74, 6) is 0.452. The molecule has 1 amide bonds. The van der Waals surface area contributed by atoms with Crippen molar-refractivity contribution >= 4 is 15.7 Å². The Bertz CT molecular complexity index is 1070. The summed E-state index contributed by atoms with van der Waals surface area (Å²) in [4.78, 5) is 14.4. The van der Waals surface area contributed by atoms with Crippen LogP contribution in [-0.4, -0.2) is 49.2 Å². The van der Waals surface area contributed by atoms with Gasteiger partial charge in [0.2, 0.25) is 0 Å². The number of rotatable bonds is 5. The SMILES string of the molecule is COc1ccc(S(=O)(=O)C2CN(C(=O)c3ccc(-n4cccc4)cc3)C2)cc1. The zero-order valence-electron chi connectivity index (χ0n) is 15.4. The summed E-state index contributed by atoms with van der Waals surface area (Å²) in [5, 5.41) is -0.580. The van der Waals surface area contributed by atoms with E-state index in [1.54, 1.807) is 41.3 Å². The van der Waals surface area contributed by atoms with Crippen molar-refractivity contribution in [1.29, 1.82) is 0 Å². The summed E-state index contributed by atoms with van der Waals surface area (Å²) < 4.78 is 32.4. The van der Waals surface area contributed by atoms with E-state index in [4.69, 9.17) is 4.74 Å². The minimum atomic E-state index is -3.46. The molecule has 2 heterocycles. The summed E-state index contributed by atoms with van der Waals surface area (Å²) in [7, 11) is -1.93. The van der Waals surface area contributed by atoms with Gasteiger partial charge in [0.1, 0.15) is 11.0 Å². The first kappa shape index (κ1) is 18.3. The first-order valence-electron chi connectivity index (χ1n) is 8.89. The maximum absolute atomic E-state index is 12.7. The standard InChI is InChI=1S/C21H20N2O4S/c1-27-18-8-10-19(11-9-18)28(25,26)20-14-23(15-20)21(24)16-4-6-17(7-5-16)22-12-2-3-13-22/h2-13,20H,14-15H2,1H3. The van der Waals surface area contributed by atoms with E-state index in [0.717, 1.165) is 5.69 Å². The highest BCUT2D eigenvalue weighted by Crippen LogP contribution is 2.26. The first-order valence-corrected chi connectivity index (χ1v) is 10.4. The van der Waals surface area contributed by atoms with Crippen LogP contribution in [0.5, 0.6) is 5.75 Å². The second-order valence-corrected chi connectivity index (χ2v) is 8.92. The Balaban J connectivity index is 1.42. The van der Waals surface area contributed by atoms with Gasteiger partial charge in [-0.05, 0) is 60.7 Å². The van der Waals surface area contributed by atoms with Crippen LogP contribution in [0.25, 0.3) is 5.69 Å². The number of carbonyl (C=O) groups excluding carboxylic acids is 1. The smallest absolute Gasteiger partial charge is 0.253 e. The Hall–Kier alpha value is -3.06. The molecule has 1 aliphatic rings. The van der Waals surface area contributed by atoms with Crippen LogP contribution in [0.3, 0.4) is 0 Å². The van der Waals surface area contributed by atoms with Gasteiger partial charge in [-0.3, -0.25) is 4.79 Å². The fourth-order valence-corrected chi connectivity index (χ4v) is 4.88. The fraction of sp³-hybridized carbons (Fsp3) is 0.190. The lowest BCUT2D eigenvalue weighted by molar-refractivity contribution is 0.0659. The molecule has 0 aliphatic carbocycles. The van der Waals surface area contributed by atoms with E-state index in [0.29, 0.717) is 11.3 Å². The molecule has 0 radical (unpaired) electrons. The Kier molecular flexibility index (Phi) is 4.68. The number of hydrogen-bond donors (Lipinski definition) is 0. The van der Waals surface area contributed by atoms with Gasteiger partial charge in [-0.15, -0.1) is 0 Å². The monoisotopic (exact) mass is 396 g/mol. The lowest BCUT2D eigenvalue weighted by Crippen LogP contribution is -2.56. The molecule has 1 fully saturated rings. The van der Waals surface area contributed by atoms with Crippen LogP contribution in [0.2, 0.25) is 0 Å². The Morgan fingerprint density at radius 2 is 1.57 bits per heavy atom. The molecule has 1 aliphatic heterocycles. The lowest BCUT2D eigenvalue weighted by Gasteiger charge is -2.38. The summed E-state index contributed by atoms with van der Waals surface area (Å²) in [6, 6.07) is 17.5. The highest BCUT2D eigenvalue weighted by atomic mass is 32.2. The van der Waals surface area contributed by atoms with Crippen molar-refractivity contribution in [2.24, 2.45) is 0 Å². The predicted molar refractivity (Wildman–Crippen MR) is 106 cm³/mol. The number of ether oxygens (including phenoxy) is 1. The van der Waals surface area contributed by atoms with Gasteiger partial charge >= 0.3 is 0 Å². The molecule has 2 aromatic carbocycles. The number of carbonyl (C=O) groups is 1. The highest BCUT2D eigenvalue weighted by Gasteiger charge is 2.40. The number of hydrogen-bond acceptors (Lipinski definition) is 4. The quantitative estimate of drug-likeness (QED) is 0.665.